The Kier molecular flexibility index (Phi) is 25.9. The van der Waals surface area contributed by atoms with Gasteiger partial charge in [-0.3, -0.25) is 33.7 Å². The van der Waals surface area contributed by atoms with Gasteiger partial charge in [-0.2, -0.15) is 0 Å². The van der Waals surface area contributed by atoms with Crippen LogP contribution in [0.25, 0.3) is 0 Å². The number of aliphatic hydroxyl groups is 1. The Labute approximate surface area is 407 Å². The molecule has 2 rings (SSSR count). The van der Waals surface area contributed by atoms with Crippen LogP contribution in [0.1, 0.15) is 131 Å². The number of aliphatic hydroxyl groups excluding tert-OH is 1. The summed E-state index contributed by atoms with van der Waals surface area (Å²) in [6, 6.07) is 5.86. The molecule has 0 saturated carbocycles. The van der Waals surface area contributed by atoms with Crippen LogP contribution in [0, 0.1) is 35.5 Å². The van der Waals surface area contributed by atoms with E-state index in [9.17, 15) is 33.9 Å². The summed E-state index contributed by atoms with van der Waals surface area (Å²) in [5, 5.41) is 14.7. The van der Waals surface area contributed by atoms with E-state index in [1.807, 2.05) is 65.4 Å². The van der Waals surface area contributed by atoms with Gasteiger partial charge in [-0.15, -0.1) is 0 Å². The van der Waals surface area contributed by atoms with E-state index in [0.29, 0.717) is 55.2 Å². The molecule has 1 aromatic carbocycles. The second-order valence-corrected chi connectivity index (χ2v) is 21.1. The molecule has 370 valence electrons. The molecular formula is C50H82Br2N4O9. The number of Topliss-reactive ketones (excluding diaryl/α,β-unsaturated/α-hetero) is 3. The molecule has 0 radical (unpaired) electrons. The van der Waals surface area contributed by atoms with Crippen molar-refractivity contribution in [1.29, 1.82) is 0 Å². The molecule has 1 aliphatic heterocycles. The average Bonchev–Trinajstić information content (AvgIpc) is 3.75. The second kappa shape index (κ2) is 28.7. The molecule has 13 nitrogen and oxygen atoms in total. The standard InChI is InChI=1S/C50H82Br2N4O9/c1-14-32(6)47(55(11)50(63)37(30(2)3)27-42(59)46(31(4)5)54(9)10)43(64-12)28-45(61)56-25-17-18-39(56)49(65-13)34(8)41(58)26-33(7)48(62)35-21-23-36(24-22-35)53-44(60)20-16-15-19-40(57)38(52)29-51/h21-24,30-34,37-39,43,46-49,62H,14-20,25-29H2,1-13H3,(H,53,60)/t32?,33-,34-,37-,38?,39-,43?,46-,47-,48+,49+/m0/s1. The molecule has 15 heteroatoms. The Bertz CT molecular complexity index is 1670. The lowest BCUT2D eigenvalue weighted by Crippen LogP contribution is -2.54. The van der Waals surface area contributed by atoms with Crippen LogP contribution in [-0.4, -0.2) is 137 Å². The Morgan fingerprint density at radius 1 is 0.831 bits per heavy atom. The van der Waals surface area contributed by atoms with E-state index < -0.39 is 42.1 Å². The number of ketones is 3. The van der Waals surface area contributed by atoms with E-state index >= 15 is 0 Å². The summed E-state index contributed by atoms with van der Waals surface area (Å²) in [7, 11) is 8.69. The molecule has 11 atom stereocenters. The van der Waals surface area contributed by atoms with Crippen molar-refractivity contribution in [2.24, 2.45) is 35.5 Å². The van der Waals surface area contributed by atoms with Crippen molar-refractivity contribution >= 4 is 72.6 Å². The van der Waals surface area contributed by atoms with Gasteiger partial charge in [0.2, 0.25) is 17.7 Å². The third-order valence-corrected chi connectivity index (χ3v) is 15.9. The summed E-state index contributed by atoms with van der Waals surface area (Å²) in [6.07, 6.45) is 2.20. The zero-order chi connectivity index (χ0) is 49.3. The quantitative estimate of drug-likeness (QED) is 0.0567. The van der Waals surface area contributed by atoms with Gasteiger partial charge >= 0.3 is 0 Å². The topological polar surface area (TPSA) is 163 Å². The highest BCUT2D eigenvalue weighted by molar-refractivity contribution is 9.12. The summed E-state index contributed by atoms with van der Waals surface area (Å²) in [6.45, 7) is 16.2. The lowest BCUT2D eigenvalue weighted by Gasteiger charge is -2.41. The van der Waals surface area contributed by atoms with Crippen LogP contribution in [-0.2, 0) is 38.2 Å². The van der Waals surface area contributed by atoms with Gasteiger partial charge in [0.05, 0.1) is 47.7 Å². The number of benzene rings is 1. The van der Waals surface area contributed by atoms with Crippen LogP contribution in [0.3, 0.4) is 0 Å². The van der Waals surface area contributed by atoms with Crippen LogP contribution >= 0.6 is 31.9 Å². The van der Waals surface area contributed by atoms with Crippen LogP contribution < -0.4 is 5.32 Å². The van der Waals surface area contributed by atoms with Crippen molar-refractivity contribution in [3.05, 3.63) is 29.8 Å². The molecule has 1 saturated heterocycles. The smallest absolute Gasteiger partial charge is 0.226 e. The highest BCUT2D eigenvalue weighted by Crippen LogP contribution is 2.33. The first-order valence-corrected chi connectivity index (χ1v) is 25.7. The number of anilines is 1. The van der Waals surface area contributed by atoms with Gasteiger partial charge in [0.1, 0.15) is 11.6 Å². The van der Waals surface area contributed by atoms with Crippen molar-refractivity contribution in [2.75, 3.05) is 52.6 Å². The van der Waals surface area contributed by atoms with Gasteiger partial charge in [0.15, 0.2) is 5.78 Å². The van der Waals surface area contributed by atoms with Gasteiger partial charge in [-0.25, -0.2) is 0 Å². The number of carbonyl (C=O) groups excluding carboxylic acids is 6. The van der Waals surface area contributed by atoms with Gasteiger partial charge in [-0.05, 0) is 81.1 Å². The number of carbonyl (C=O) groups is 6. The highest BCUT2D eigenvalue weighted by Gasteiger charge is 2.43. The number of hydrogen-bond acceptors (Lipinski definition) is 10. The van der Waals surface area contributed by atoms with Crippen LogP contribution in [0.15, 0.2) is 24.3 Å². The predicted molar refractivity (Wildman–Crippen MR) is 265 cm³/mol. The van der Waals surface area contributed by atoms with Crippen molar-refractivity contribution in [3.63, 3.8) is 0 Å². The third kappa shape index (κ3) is 17.2. The van der Waals surface area contributed by atoms with E-state index in [-0.39, 0.29) is 89.0 Å². The molecule has 0 aliphatic carbocycles. The number of rotatable bonds is 30. The zero-order valence-corrected chi connectivity index (χ0v) is 44.8. The maximum Gasteiger partial charge on any atom is 0.226 e. The lowest BCUT2D eigenvalue weighted by molar-refractivity contribution is -0.149. The largest absolute Gasteiger partial charge is 0.388 e. The molecule has 2 N–H and O–H groups in total. The van der Waals surface area contributed by atoms with Gasteiger partial charge in [-0.1, -0.05) is 106 Å². The number of likely N-dealkylation sites (N-methyl/N-ethyl adjacent to an activating group) is 2. The summed E-state index contributed by atoms with van der Waals surface area (Å²) >= 11 is 6.62. The highest BCUT2D eigenvalue weighted by atomic mass is 79.9. The fourth-order valence-electron chi connectivity index (χ4n) is 9.56. The van der Waals surface area contributed by atoms with E-state index in [1.165, 1.54) is 0 Å². The Morgan fingerprint density at radius 3 is 1.97 bits per heavy atom. The van der Waals surface area contributed by atoms with Gasteiger partial charge in [0.25, 0.3) is 0 Å². The molecule has 1 fully saturated rings. The number of ether oxygens (including phenoxy) is 2. The Morgan fingerprint density at radius 2 is 1.45 bits per heavy atom. The molecule has 1 aliphatic rings. The third-order valence-electron chi connectivity index (χ3n) is 13.6. The monoisotopic (exact) mass is 1040 g/mol. The first-order chi connectivity index (χ1) is 30.6. The number of nitrogens with zero attached hydrogens (tertiary/aromatic N) is 3. The molecule has 3 amide bonds. The SMILES string of the molecule is CCC(C)[C@@H](C(CC(=O)N1CCC[C@H]1[C@H](OC)[C@@H](C)C(=O)C[C@H](C)[C@@H](O)c1ccc(NC(=O)CCCCC(=O)C(Br)CBr)cc1)OC)N(C)C(=O)[C@@H](CC(=O)[C@H](C(C)C)N(C)C)C(C)C. The number of alkyl halides is 2. The van der Waals surface area contributed by atoms with Crippen LogP contribution in [0.5, 0.6) is 0 Å². The maximum atomic E-state index is 14.4. The van der Waals surface area contributed by atoms with Crippen molar-refractivity contribution in [1.82, 2.24) is 14.7 Å². The number of methoxy groups -OCH3 is 2. The fraction of sp³-hybridized carbons (Fsp3) is 0.760. The fourth-order valence-corrected chi connectivity index (χ4v) is 10.2. The van der Waals surface area contributed by atoms with Crippen LogP contribution in [0.4, 0.5) is 5.69 Å². The number of amides is 3. The molecule has 65 heavy (non-hydrogen) atoms. The molecule has 1 heterocycles. The van der Waals surface area contributed by atoms with Crippen molar-refractivity contribution < 1.29 is 43.3 Å². The second-order valence-electron chi connectivity index (χ2n) is 19.3. The normalized spacial score (nSPS) is 18.9. The summed E-state index contributed by atoms with van der Waals surface area (Å²) in [5.74, 6) is -1.87. The van der Waals surface area contributed by atoms with E-state index in [2.05, 4.69) is 51.0 Å². The average molecular weight is 1040 g/mol. The van der Waals surface area contributed by atoms with E-state index in [0.717, 1.165) is 12.8 Å². The molecule has 3 unspecified atom stereocenters. The van der Waals surface area contributed by atoms with Crippen LogP contribution in [0.2, 0.25) is 0 Å². The molecular weight excluding hydrogens is 960 g/mol. The number of hydrogen-bond donors (Lipinski definition) is 2. The minimum Gasteiger partial charge on any atom is -0.388 e. The maximum absolute atomic E-state index is 14.4. The van der Waals surface area contributed by atoms with Gasteiger partial charge < -0.3 is 29.7 Å². The van der Waals surface area contributed by atoms with Crippen molar-refractivity contribution in [2.45, 2.75) is 161 Å². The number of likely N-dealkylation sites (tertiary alicyclic amines) is 1. The molecule has 0 aromatic heterocycles. The number of unbranched alkanes of at least 4 members (excludes halogenated alkanes) is 1. The first kappa shape index (κ1) is 58.6. The summed E-state index contributed by atoms with van der Waals surface area (Å²) in [4.78, 5) is 85.9. The zero-order valence-electron chi connectivity index (χ0n) is 41.6. The predicted octanol–water partition coefficient (Wildman–Crippen LogP) is 8.28. The number of nitrogens with one attached hydrogen (secondary N) is 1. The van der Waals surface area contributed by atoms with E-state index in [1.54, 1.807) is 50.4 Å². The first-order valence-electron chi connectivity index (χ1n) is 23.7. The molecule has 1 aromatic rings. The summed E-state index contributed by atoms with van der Waals surface area (Å²) in [5.41, 5.74) is 1.21. The van der Waals surface area contributed by atoms with Crippen molar-refractivity contribution in [3.8, 4) is 0 Å². The minimum absolute atomic E-state index is 0.0122. The van der Waals surface area contributed by atoms with E-state index in [4.69, 9.17) is 9.47 Å². The molecule has 0 spiro atoms. The van der Waals surface area contributed by atoms with Gasteiger partial charge in [0, 0.05) is 76.3 Å². The molecule has 0 bridgehead atoms. The summed E-state index contributed by atoms with van der Waals surface area (Å²) < 4.78 is 12.1. The Balaban J connectivity index is 2.12. The Hall–Kier alpha value is -2.56. The minimum atomic E-state index is -0.933. The number of halogens is 2. The lowest BCUT2D eigenvalue weighted by atomic mass is 9.83.